The van der Waals surface area contributed by atoms with Crippen LogP contribution in [-0.4, -0.2) is 49.7 Å². The number of nitrogens with zero attached hydrogens (tertiary/aromatic N) is 2. The molecule has 1 aliphatic rings. The quantitative estimate of drug-likeness (QED) is 0.715. The van der Waals surface area contributed by atoms with Crippen molar-refractivity contribution in [2.45, 2.75) is 30.8 Å². The van der Waals surface area contributed by atoms with E-state index in [2.05, 4.69) is 0 Å². The highest BCUT2D eigenvalue weighted by molar-refractivity contribution is 7.89. The number of hydrogen-bond donors (Lipinski definition) is 0. The van der Waals surface area contributed by atoms with Gasteiger partial charge < -0.3 is 4.90 Å². The third-order valence-electron chi connectivity index (χ3n) is 5.14. The van der Waals surface area contributed by atoms with E-state index >= 15 is 0 Å². The number of carbonyl (C=O) groups is 1. The van der Waals surface area contributed by atoms with Crippen LogP contribution in [0.3, 0.4) is 0 Å². The molecule has 0 atom stereocenters. The zero-order valence-corrected chi connectivity index (χ0v) is 17.3. The Kier molecular flexibility index (Phi) is 6.52. The molecular formula is C21H23F3N2O3S. The molecule has 30 heavy (non-hydrogen) atoms. The van der Waals surface area contributed by atoms with Gasteiger partial charge in [0.1, 0.15) is 0 Å². The molecule has 1 heterocycles. The van der Waals surface area contributed by atoms with Crippen molar-refractivity contribution in [2.75, 3.05) is 26.2 Å². The number of aryl methyl sites for hydroxylation is 2. The Morgan fingerprint density at radius 3 is 2.23 bits per heavy atom. The number of piperazine rings is 1. The predicted molar refractivity (Wildman–Crippen MR) is 106 cm³/mol. The summed E-state index contributed by atoms with van der Waals surface area (Å²) in [6.45, 7) is 2.52. The Balaban J connectivity index is 1.59. The Labute approximate surface area is 174 Å². The largest absolute Gasteiger partial charge is 0.416 e. The highest BCUT2D eigenvalue weighted by Gasteiger charge is 2.34. The molecule has 0 radical (unpaired) electrons. The highest BCUT2D eigenvalue weighted by Crippen LogP contribution is 2.31. The van der Waals surface area contributed by atoms with Gasteiger partial charge in [-0.1, -0.05) is 35.9 Å². The molecule has 1 saturated heterocycles. The van der Waals surface area contributed by atoms with Crippen molar-refractivity contribution >= 4 is 15.9 Å². The maximum Gasteiger partial charge on any atom is 0.416 e. The fourth-order valence-electron chi connectivity index (χ4n) is 3.32. The highest BCUT2D eigenvalue weighted by atomic mass is 32.2. The van der Waals surface area contributed by atoms with E-state index in [1.165, 1.54) is 0 Å². The topological polar surface area (TPSA) is 57.7 Å². The summed E-state index contributed by atoms with van der Waals surface area (Å²) in [6, 6.07) is 11.6. The minimum Gasteiger partial charge on any atom is -0.340 e. The van der Waals surface area contributed by atoms with E-state index in [4.69, 9.17) is 0 Å². The van der Waals surface area contributed by atoms with Crippen LogP contribution < -0.4 is 0 Å². The molecule has 5 nitrogen and oxygen atoms in total. The lowest BCUT2D eigenvalue weighted by molar-refractivity contribution is -0.137. The average molecular weight is 440 g/mol. The maximum atomic E-state index is 12.9. The summed E-state index contributed by atoms with van der Waals surface area (Å²) in [5.74, 6) is -0.0632. The molecule has 1 aliphatic heterocycles. The van der Waals surface area contributed by atoms with E-state index in [0.29, 0.717) is 18.9 Å². The Morgan fingerprint density at radius 2 is 1.63 bits per heavy atom. The Morgan fingerprint density at radius 1 is 1.00 bits per heavy atom. The Hall–Kier alpha value is -2.39. The maximum absolute atomic E-state index is 12.9. The van der Waals surface area contributed by atoms with Gasteiger partial charge in [0.15, 0.2) is 0 Å². The van der Waals surface area contributed by atoms with Crippen molar-refractivity contribution < 1.29 is 26.4 Å². The zero-order valence-electron chi connectivity index (χ0n) is 16.5. The smallest absolute Gasteiger partial charge is 0.340 e. The lowest BCUT2D eigenvalue weighted by Gasteiger charge is -2.34. The van der Waals surface area contributed by atoms with Gasteiger partial charge in [-0.25, -0.2) is 8.42 Å². The van der Waals surface area contributed by atoms with E-state index in [1.54, 1.807) is 4.90 Å². The normalized spacial score (nSPS) is 15.9. The number of carbonyl (C=O) groups excluding carboxylic acids is 1. The minimum absolute atomic E-state index is 0.0504. The van der Waals surface area contributed by atoms with E-state index in [1.807, 2.05) is 31.2 Å². The van der Waals surface area contributed by atoms with Crippen molar-refractivity contribution in [3.8, 4) is 0 Å². The first-order valence-electron chi connectivity index (χ1n) is 9.58. The van der Waals surface area contributed by atoms with Crippen LogP contribution in [0.15, 0.2) is 53.4 Å². The monoisotopic (exact) mass is 440 g/mol. The molecule has 0 aromatic heterocycles. The van der Waals surface area contributed by atoms with Crippen LogP contribution in [0, 0.1) is 6.92 Å². The summed E-state index contributed by atoms with van der Waals surface area (Å²) < 4.78 is 65.3. The molecule has 0 bridgehead atoms. The van der Waals surface area contributed by atoms with Crippen LogP contribution in [0.2, 0.25) is 0 Å². The minimum atomic E-state index is -4.62. The molecule has 1 fully saturated rings. The molecular weight excluding hydrogens is 417 g/mol. The number of halogens is 3. The lowest BCUT2D eigenvalue weighted by atomic mass is 10.1. The predicted octanol–water partition coefficient (Wildman–Crippen LogP) is 3.48. The van der Waals surface area contributed by atoms with E-state index in [-0.39, 0.29) is 32.1 Å². The lowest BCUT2D eigenvalue weighted by Crippen LogP contribution is -2.50. The third kappa shape index (κ3) is 5.20. The Bertz CT molecular complexity index is 997. The number of alkyl halides is 3. The molecule has 0 N–H and O–H groups in total. The van der Waals surface area contributed by atoms with Crippen LogP contribution >= 0.6 is 0 Å². The number of hydrogen-bond acceptors (Lipinski definition) is 3. The summed E-state index contributed by atoms with van der Waals surface area (Å²) in [7, 11) is -4.06. The standard InChI is InChI=1S/C21H23F3N2O3S/c1-16-5-7-17(8-6-16)9-10-20(27)25-11-13-26(14-12-25)30(28,29)19-4-2-3-18(15-19)21(22,23)24/h2-8,15H,9-14H2,1H3. The SMILES string of the molecule is Cc1ccc(CCC(=O)N2CCN(S(=O)(=O)c3cccc(C(F)(F)F)c3)CC2)cc1. The molecule has 9 heteroatoms. The van der Waals surface area contributed by atoms with Crippen LogP contribution in [0.4, 0.5) is 13.2 Å². The molecule has 0 unspecified atom stereocenters. The average Bonchev–Trinajstić information content (AvgIpc) is 2.72. The van der Waals surface area contributed by atoms with Gasteiger partial charge in [-0.3, -0.25) is 4.79 Å². The van der Waals surface area contributed by atoms with Crippen LogP contribution in [0.1, 0.15) is 23.1 Å². The second-order valence-electron chi connectivity index (χ2n) is 7.30. The van der Waals surface area contributed by atoms with Gasteiger partial charge in [-0.05, 0) is 37.1 Å². The van der Waals surface area contributed by atoms with Crippen molar-refractivity contribution in [3.63, 3.8) is 0 Å². The fraction of sp³-hybridized carbons (Fsp3) is 0.381. The number of benzene rings is 2. The second-order valence-corrected chi connectivity index (χ2v) is 9.23. The summed E-state index contributed by atoms with van der Waals surface area (Å²) in [4.78, 5) is 13.7. The van der Waals surface area contributed by atoms with Crippen LogP contribution in [0.5, 0.6) is 0 Å². The number of sulfonamides is 1. The van der Waals surface area contributed by atoms with E-state index in [0.717, 1.165) is 33.6 Å². The fourth-order valence-corrected chi connectivity index (χ4v) is 4.79. The summed E-state index contributed by atoms with van der Waals surface area (Å²) in [6.07, 6.45) is -3.70. The van der Waals surface area contributed by atoms with E-state index < -0.39 is 26.7 Å². The first-order chi connectivity index (χ1) is 14.1. The molecule has 0 spiro atoms. The molecule has 1 amide bonds. The second kappa shape index (κ2) is 8.77. The summed E-state index contributed by atoms with van der Waals surface area (Å²) in [5, 5.41) is 0. The van der Waals surface area contributed by atoms with Gasteiger partial charge in [0.25, 0.3) is 0 Å². The molecule has 0 saturated carbocycles. The van der Waals surface area contributed by atoms with Crippen LogP contribution in [0.25, 0.3) is 0 Å². The van der Waals surface area contributed by atoms with Crippen molar-refractivity contribution in [2.24, 2.45) is 0 Å². The molecule has 2 aromatic rings. The van der Waals surface area contributed by atoms with Gasteiger partial charge in [-0.2, -0.15) is 17.5 Å². The van der Waals surface area contributed by atoms with Crippen LogP contribution in [-0.2, 0) is 27.4 Å². The van der Waals surface area contributed by atoms with Gasteiger partial charge >= 0.3 is 6.18 Å². The zero-order chi connectivity index (χ0) is 21.9. The summed E-state index contributed by atoms with van der Waals surface area (Å²) >= 11 is 0. The third-order valence-corrected chi connectivity index (χ3v) is 7.03. The first-order valence-corrected chi connectivity index (χ1v) is 11.0. The molecule has 162 valence electrons. The first kappa shape index (κ1) is 22.3. The van der Waals surface area contributed by atoms with Gasteiger partial charge in [0.05, 0.1) is 10.5 Å². The number of amides is 1. The van der Waals surface area contributed by atoms with Gasteiger partial charge in [0, 0.05) is 32.6 Å². The van der Waals surface area contributed by atoms with Crippen molar-refractivity contribution in [1.29, 1.82) is 0 Å². The van der Waals surface area contributed by atoms with Crippen molar-refractivity contribution in [1.82, 2.24) is 9.21 Å². The van der Waals surface area contributed by atoms with Crippen molar-refractivity contribution in [3.05, 3.63) is 65.2 Å². The molecule has 2 aromatic carbocycles. The van der Waals surface area contributed by atoms with Gasteiger partial charge in [0.2, 0.25) is 15.9 Å². The molecule has 0 aliphatic carbocycles. The van der Waals surface area contributed by atoms with E-state index in [9.17, 15) is 26.4 Å². The summed E-state index contributed by atoms with van der Waals surface area (Å²) in [5.41, 5.74) is 1.19. The molecule has 3 rings (SSSR count). The van der Waals surface area contributed by atoms with Gasteiger partial charge in [-0.15, -0.1) is 0 Å². The number of rotatable bonds is 5.